The number of rotatable bonds is 0. The molecule has 3 heteroatoms. The molecule has 1 unspecified atom stereocenters. The van der Waals surface area contributed by atoms with Crippen LogP contribution in [0.5, 0.6) is 0 Å². The van der Waals surface area contributed by atoms with E-state index in [-0.39, 0.29) is 11.8 Å². The van der Waals surface area contributed by atoms with Crippen molar-refractivity contribution in [2.24, 2.45) is 4.99 Å². The standard InChI is InChI=1S/C12H12N2O/c1-8-9-4-2-5-10-11(9)14(12(8)15)7-3-6-13-10/h2,4-6,8H,3,7H2,1H3. The molecule has 0 aromatic heterocycles. The van der Waals surface area contributed by atoms with Crippen molar-refractivity contribution in [3.63, 3.8) is 0 Å². The van der Waals surface area contributed by atoms with Crippen molar-refractivity contribution in [1.82, 2.24) is 0 Å². The van der Waals surface area contributed by atoms with Gasteiger partial charge < -0.3 is 4.90 Å². The van der Waals surface area contributed by atoms with E-state index in [0.717, 1.165) is 29.9 Å². The van der Waals surface area contributed by atoms with Crippen LogP contribution in [0, 0.1) is 0 Å². The fourth-order valence-electron chi connectivity index (χ4n) is 2.35. The van der Waals surface area contributed by atoms with Gasteiger partial charge in [0, 0.05) is 19.2 Å². The molecule has 1 atom stereocenters. The zero-order valence-corrected chi connectivity index (χ0v) is 8.60. The van der Waals surface area contributed by atoms with Gasteiger partial charge in [-0.05, 0) is 18.6 Å². The molecular weight excluding hydrogens is 188 g/mol. The third-order valence-electron chi connectivity index (χ3n) is 3.13. The molecule has 15 heavy (non-hydrogen) atoms. The van der Waals surface area contributed by atoms with Gasteiger partial charge in [0.1, 0.15) is 0 Å². The van der Waals surface area contributed by atoms with Crippen LogP contribution in [-0.4, -0.2) is 18.7 Å². The zero-order chi connectivity index (χ0) is 10.4. The lowest BCUT2D eigenvalue weighted by Gasteiger charge is -2.15. The van der Waals surface area contributed by atoms with Gasteiger partial charge in [-0.3, -0.25) is 9.79 Å². The number of hydrogen-bond acceptors (Lipinski definition) is 2. The number of carbonyl (C=O) groups excluding carboxylic acids is 1. The number of nitrogens with zero attached hydrogens (tertiary/aromatic N) is 2. The summed E-state index contributed by atoms with van der Waals surface area (Å²) in [6, 6.07) is 5.98. The number of anilines is 1. The first-order valence-electron chi connectivity index (χ1n) is 5.26. The Labute approximate surface area is 88.4 Å². The first-order valence-corrected chi connectivity index (χ1v) is 5.26. The van der Waals surface area contributed by atoms with Crippen LogP contribution in [0.25, 0.3) is 0 Å². The maximum atomic E-state index is 12.0. The molecule has 0 spiro atoms. The Hall–Kier alpha value is -1.64. The van der Waals surface area contributed by atoms with E-state index in [9.17, 15) is 4.79 Å². The smallest absolute Gasteiger partial charge is 0.234 e. The van der Waals surface area contributed by atoms with Crippen molar-refractivity contribution in [1.29, 1.82) is 0 Å². The van der Waals surface area contributed by atoms with Gasteiger partial charge in [-0.1, -0.05) is 12.1 Å². The third-order valence-corrected chi connectivity index (χ3v) is 3.13. The van der Waals surface area contributed by atoms with Gasteiger partial charge in [-0.2, -0.15) is 0 Å². The average Bonchev–Trinajstić information content (AvgIpc) is 2.45. The van der Waals surface area contributed by atoms with Crippen molar-refractivity contribution >= 4 is 23.5 Å². The summed E-state index contributed by atoms with van der Waals surface area (Å²) in [6.07, 6.45) is 2.73. The fourth-order valence-corrected chi connectivity index (χ4v) is 2.35. The van der Waals surface area contributed by atoms with Gasteiger partial charge in [0.15, 0.2) is 0 Å². The van der Waals surface area contributed by atoms with Crippen LogP contribution in [0.1, 0.15) is 24.8 Å². The van der Waals surface area contributed by atoms with Crippen LogP contribution >= 0.6 is 0 Å². The molecule has 0 bridgehead atoms. The predicted molar refractivity (Wildman–Crippen MR) is 60.0 cm³/mol. The molecule has 0 aliphatic carbocycles. The van der Waals surface area contributed by atoms with E-state index < -0.39 is 0 Å². The fraction of sp³-hybridized carbons (Fsp3) is 0.333. The number of benzene rings is 1. The van der Waals surface area contributed by atoms with Gasteiger partial charge in [-0.15, -0.1) is 0 Å². The predicted octanol–water partition coefficient (Wildman–Crippen LogP) is 2.24. The first kappa shape index (κ1) is 8.65. The van der Waals surface area contributed by atoms with Gasteiger partial charge in [0.05, 0.1) is 17.3 Å². The van der Waals surface area contributed by atoms with Crippen molar-refractivity contribution in [3.05, 3.63) is 23.8 Å². The molecule has 1 aromatic rings. The van der Waals surface area contributed by atoms with E-state index >= 15 is 0 Å². The second-order valence-corrected chi connectivity index (χ2v) is 4.03. The number of hydrogen-bond donors (Lipinski definition) is 0. The quantitative estimate of drug-likeness (QED) is 0.632. The molecule has 3 rings (SSSR count). The number of amides is 1. The average molecular weight is 200 g/mol. The van der Waals surface area contributed by atoms with Crippen LogP contribution in [0.15, 0.2) is 23.2 Å². The zero-order valence-electron chi connectivity index (χ0n) is 8.60. The largest absolute Gasteiger partial charge is 0.309 e. The highest BCUT2D eigenvalue weighted by molar-refractivity contribution is 6.08. The molecule has 0 N–H and O–H groups in total. The van der Waals surface area contributed by atoms with Gasteiger partial charge in [0.2, 0.25) is 5.91 Å². The maximum Gasteiger partial charge on any atom is 0.234 e. The summed E-state index contributed by atoms with van der Waals surface area (Å²) in [7, 11) is 0. The number of para-hydroxylation sites is 1. The minimum absolute atomic E-state index is 0.00625. The second-order valence-electron chi connectivity index (χ2n) is 4.03. The van der Waals surface area contributed by atoms with Gasteiger partial charge >= 0.3 is 0 Å². The molecule has 2 aliphatic rings. The minimum Gasteiger partial charge on any atom is -0.309 e. The van der Waals surface area contributed by atoms with Crippen molar-refractivity contribution in [3.8, 4) is 0 Å². The highest BCUT2D eigenvalue weighted by atomic mass is 16.2. The van der Waals surface area contributed by atoms with E-state index in [1.54, 1.807) is 0 Å². The Bertz CT molecular complexity index is 465. The summed E-state index contributed by atoms with van der Waals surface area (Å²) < 4.78 is 0. The maximum absolute atomic E-state index is 12.0. The van der Waals surface area contributed by atoms with Crippen LogP contribution < -0.4 is 4.90 Å². The summed E-state index contributed by atoms with van der Waals surface area (Å²) >= 11 is 0. The van der Waals surface area contributed by atoms with Crippen molar-refractivity contribution < 1.29 is 4.79 Å². The summed E-state index contributed by atoms with van der Waals surface area (Å²) in [5.74, 6) is 0.205. The summed E-state index contributed by atoms with van der Waals surface area (Å²) in [4.78, 5) is 18.3. The Morgan fingerprint density at radius 1 is 1.47 bits per heavy atom. The molecule has 76 valence electrons. The van der Waals surface area contributed by atoms with Crippen molar-refractivity contribution in [2.75, 3.05) is 11.4 Å². The molecule has 2 heterocycles. The normalized spacial score (nSPS) is 22.9. The van der Waals surface area contributed by atoms with E-state index in [0.29, 0.717) is 0 Å². The second kappa shape index (κ2) is 2.92. The molecule has 0 saturated heterocycles. The summed E-state index contributed by atoms with van der Waals surface area (Å²) in [5.41, 5.74) is 3.09. The number of carbonyl (C=O) groups is 1. The SMILES string of the molecule is CC1C(=O)N2CCC=Nc3cccc1c32. The summed E-state index contributed by atoms with van der Waals surface area (Å²) in [6.45, 7) is 2.73. The Morgan fingerprint density at radius 3 is 3.20 bits per heavy atom. The number of aliphatic imine (C=N–C) groups is 1. The van der Waals surface area contributed by atoms with E-state index in [2.05, 4.69) is 4.99 Å². The highest BCUT2D eigenvalue weighted by Gasteiger charge is 2.35. The molecule has 0 saturated carbocycles. The van der Waals surface area contributed by atoms with Crippen LogP contribution in [0.3, 0.4) is 0 Å². The lowest BCUT2D eigenvalue weighted by Crippen LogP contribution is -2.28. The minimum atomic E-state index is -0.00625. The highest BCUT2D eigenvalue weighted by Crippen LogP contribution is 2.44. The van der Waals surface area contributed by atoms with Gasteiger partial charge in [-0.25, -0.2) is 0 Å². The molecular formula is C12H12N2O. The topological polar surface area (TPSA) is 32.7 Å². The molecule has 0 radical (unpaired) electrons. The van der Waals surface area contributed by atoms with Crippen LogP contribution in [0.2, 0.25) is 0 Å². The van der Waals surface area contributed by atoms with E-state index in [4.69, 9.17) is 0 Å². The van der Waals surface area contributed by atoms with Crippen LogP contribution in [-0.2, 0) is 4.79 Å². The molecule has 1 amide bonds. The molecule has 1 aromatic carbocycles. The van der Waals surface area contributed by atoms with E-state index in [1.165, 1.54) is 0 Å². The summed E-state index contributed by atoms with van der Waals surface area (Å²) in [5, 5.41) is 0. The Balaban J connectivity index is 2.28. The molecule has 2 aliphatic heterocycles. The Morgan fingerprint density at radius 2 is 2.33 bits per heavy atom. The molecule has 3 nitrogen and oxygen atoms in total. The van der Waals surface area contributed by atoms with E-state index in [1.807, 2.05) is 36.2 Å². The van der Waals surface area contributed by atoms with Crippen LogP contribution in [0.4, 0.5) is 11.4 Å². The first-order chi connectivity index (χ1) is 7.29. The monoisotopic (exact) mass is 200 g/mol. The van der Waals surface area contributed by atoms with Crippen molar-refractivity contribution in [2.45, 2.75) is 19.3 Å². The van der Waals surface area contributed by atoms with Gasteiger partial charge in [0.25, 0.3) is 0 Å². The Kier molecular flexibility index (Phi) is 1.69. The third kappa shape index (κ3) is 1.06. The molecule has 0 fully saturated rings. The lowest BCUT2D eigenvalue weighted by molar-refractivity contribution is -0.118. The lowest BCUT2D eigenvalue weighted by atomic mass is 10.0.